The van der Waals surface area contributed by atoms with Crippen LogP contribution in [0.25, 0.3) is 0 Å². The summed E-state index contributed by atoms with van der Waals surface area (Å²) in [4.78, 5) is 9.53. The van der Waals surface area contributed by atoms with Crippen LogP contribution < -0.4 is 11.1 Å². The SMILES string of the molecule is NC(=S)NCC=O.[NaH]. The zero-order valence-corrected chi connectivity index (χ0v) is 4.49. The Labute approximate surface area is 75.3 Å². The van der Waals surface area contributed by atoms with Gasteiger partial charge in [0.25, 0.3) is 0 Å². The molecule has 0 atom stereocenters. The molecular weight excluding hydrogens is 135 g/mol. The van der Waals surface area contributed by atoms with E-state index in [9.17, 15) is 4.79 Å². The number of thiocarbonyl (C=S) groups is 1. The van der Waals surface area contributed by atoms with Crippen LogP contribution in [0.5, 0.6) is 0 Å². The van der Waals surface area contributed by atoms with E-state index in [0.29, 0.717) is 6.29 Å². The van der Waals surface area contributed by atoms with Crippen molar-refractivity contribution in [3.8, 4) is 0 Å². The van der Waals surface area contributed by atoms with E-state index in [4.69, 9.17) is 5.73 Å². The van der Waals surface area contributed by atoms with Crippen molar-refractivity contribution in [1.29, 1.82) is 0 Å². The Balaban J connectivity index is 0. The third-order valence-corrected chi connectivity index (χ3v) is 0.504. The van der Waals surface area contributed by atoms with Crippen molar-refractivity contribution < 1.29 is 4.79 Å². The summed E-state index contributed by atoms with van der Waals surface area (Å²) in [5.41, 5.74) is 4.94. The molecule has 0 bridgehead atoms. The first-order valence-corrected chi connectivity index (χ1v) is 2.15. The number of hydrogen-bond donors (Lipinski definition) is 2. The van der Waals surface area contributed by atoms with E-state index < -0.39 is 0 Å². The Kier molecular flexibility index (Phi) is 10.3. The van der Waals surface area contributed by atoms with Gasteiger partial charge in [-0.2, -0.15) is 0 Å². The van der Waals surface area contributed by atoms with Gasteiger partial charge in [-0.05, 0) is 12.2 Å². The van der Waals surface area contributed by atoms with Gasteiger partial charge in [-0.3, -0.25) is 0 Å². The second kappa shape index (κ2) is 7.36. The molecule has 3 nitrogen and oxygen atoms in total. The molecule has 0 saturated heterocycles. The van der Waals surface area contributed by atoms with Crippen molar-refractivity contribution in [2.24, 2.45) is 5.73 Å². The Morgan fingerprint density at radius 2 is 2.38 bits per heavy atom. The van der Waals surface area contributed by atoms with Gasteiger partial charge in [-0.15, -0.1) is 0 Å². The van der Waals surface area contributed by atoms with Crippen molar-refractivity contribution in [2.45, 2.75) is 0 Å². The summed E-state index contributed by atoms with van der Waals surface area (Å²) in [6.45, 7) is 0.204. The van der Waals surface area contributed by atoms with E-state index in [2.05, 4.69) is 17.5 Å². The summed E-state index contributed by atoms with van der Waals surface area (Å²) in [6.07, 6.45) is 0.694. The zero-order valence-electron chi connectivity index (χ0n) is 3.68. The van der Waals surface area contributed by atoms with E-state index in [0.717, 1.165) is 0 Å². The Morgan fingerprint density at radius 1 is 1.88 bits per heavy atom. The first kappa shape index (κ1) is 11.2. The van der Waals surface area contributed by atoms with E-state index in [1.54, 1.807) is 0 Å². The third-order valence-electron chi connectivity index (χ3n) is 0.360. The fourth-order valence-electron chi connectivity index (χ4n) is 0.142. The molecule has 0 unspecified atom stereocenters. The second-order valence-electron chi connectivity index (χ2n) is 0.912. The van der Waals surface area contributed by atoms with Gasteiger partial charge in [-0.1, -0.05) is 0 Å². The van der Waals surface area contributed by atoms with Gasteiger partial charge < -0.3 is 15.8 Å². The quantitative estimate of drug-likeness (QED) is 0.276. The van der Waals surface area contributed by atoms with Crippen LogP contribution in [-0.2, 0) is 4.79 Å². The van der Waals surface area contributed by atoms with Crippen LogP contribution >= 0.6 is 12.2 Å². The molecule has 0 aliphatic carbocycles. The maximum absolute atomic E-state index is 9.53. The summed E-state index contributed by atoms with van der Waals surface area (Å²) in [5, 5.41) is 2.60. The summed E-state index contributed by atoms with van der Waals surface area (Å²) >= 11 is 4.37. The third kappa shape index (κ3) is 9.61. The number of nitrogens with one attached hydrogen (secondary N) is 1. The van der Waals surface area contributed by atoms with Gasteiger partial charge >= 0.3 is 29.6 Å². The number of nitrogens with two attached hydrogens (primary N) is 1. The van der Waals surface area contributed by atoms with Gasteiger partial charge in [0, 0.05) is 0 Å². The predicted molar refractivity (Wildman–Crippen MR) is 38.0 cm³/mol. The number of aldehydes is 1. The Bertz CT molecular complexity index is 87.4. The molecule has 0 aromatic heterocycles. The van der Waals surface area contributed by atoms with E-state index >= 15 is 0 Å². The van der Waals surface area contributed by atoms with Crippen molar-refractivity contribution in [3.05, 3.63) is 0 Å². The molecule has 5 heteroatoms. The van der Waals surface area contributed by atoms with Crippen LogP contribution in [0.2, 0.25) is 0 Å². The molecule has 42 valence electrons. The van der Waals surface area contributed by atoms with Gasteiger partial charge in [0.2, 0.25) is 0 Å². The van der Waals surface area contributed by atoms with Crippen LogP contribution in [0.3, 0.4) is 0 Å². The normalized spacial score (nSPS) is 6.50. The number of rotatable bonds is 2. The summed E-state index contributed by atoms with van der Waals surface area (Å²) in [7, 11) is 0. The minimum absolute atomic E-state index is 0. The number of carbonyl (C=O) groups is 1. The van der Waals surface area contributed by atoms with Crippen molar-refractivity contribution in [1.82, 2.24) is 5.32 Å². The summed E-state index contributed by atoms with van der Waals surface area (Å²) in [5.74, 6) is 0. The van der Waals surface area contributed by atoms with Crippen molar-refractivity contribution in [3.63, 3.8) is 0 Å². The maximum atomic E-state index is 9.53. The van der Waals surface area contributed by atoms with Crippen LogP contribution in [0.1, 0.15) is 0 Å². The van der Waals surface area contributed by atoms with Gasteiger partial charge in [0.1, 0.15) is 6.29 Å². The number of carbonyl (C=O) groups excluding carboxylic acids is 1. The molecule has 0 aliphatic heterocycles. The molecule has 3 N–H and O–H groups in total. The molecule has 8 heavy (non-hydrogen) atoms. The molecule has 0 rings (SSSR count). The average molecular weight is 142 g/mol. The van der Waals surface area contributed by atoms with E-state index in [1.807, 2.05) is 0 Å². The molecule has 0 aliphatic rings. The summed E-state index contributed by atoms with van der Waals surface area (Å²) < 4.78 is 0. The van der Waals surface area contributed by atoms with Gasteiger partial charge in [0.05, 0.1) is 6.54 Å². The molecule has 0 aromatic rings. The molecular formula is C3H7N2NaOS. The van der Waals surface area contributed by atoms with Gasteiger partial charge in [-0.25, -0.2) is 0 Å². The van der Waals surface area contributed by atoms with E-state index in [-0.39, 0.29) is 41.2 Å². The molecule has 0 heterocycles. The minimum atomic E-state index is 0. The van der Waals surface area contributed by atoms with Crippen LogP contribution in [-0.4, -0.2) is 47.5 Å². The fourth-order valence-corrected chi connectivity index (χ4v) is 0.226. The zero-order chi connectivity index (χ0) is 5.70. The first-order chi connectivity index (χ1) is 3.27. The van der Waals surface area contributed by atoms with Gasteiger partial charge in [0.15, 0.2) is 5.11 Å². The average Bonchev–Trinajstić information content (AvgIpc) is 1.61. The molecule has 0 radical (unpaired) electrons. The van der Waals surface area contributed by atoms with Crippen LogP contribution in [0, 0.1) is 0 Å². The number of hydrogen-bond acceptors (Lipinski definition) is 2. The standard InChI is InChI=1S/C3H6N2OS.Na.H/c4-3(7)5-1-2-6;;/h2H,1H2,(H3,4,5,7);;. The first-order valence-electron chi connectivity index (χ1n) is 1.74. The summed E-state index contributed by atoms with van der Waals surface area (Å²) in [6, 6.07) is 0. The second-order valence-corrected chi connectivity index (χ2v) is 1.35. The monoisotopic (exact) mass is 142 g/mol. The Hall–Kier alpha value is 0.360. The van der Waals surface area contributed by atoms with Crippen LogP contribution in [0.4, 0.5) is 0 Å². The molecule has 0 saturated carbocycles. The molecule has 0 amide bonds. The molecule has 0 fully saturated rings. The predicted octanol–water partition coefficient (Wildman–Crippen LogP) is -1.63. The van der Waals surface area contributed by atoms with Crippen molar-refractivity contribution >= 4 is 53.2 Å². The van der Waals surface area contributed by atoms with Crippen molar-refractivity contribution in [2.75, 3.05) is 6.54 Å². The Morgan fingerprint density at radius 3 is 2.50 bits per heavy atom. The van der Waals surface area contributed by atoms with E-state index in [1.165, 1.54) is 0 Å². The fraction of sp³-hybridized carbons (Fsp3) is 0.333. The van der Waals surface area contributed by atoms with Crippen LogP contribution in [0.15, 0.2) is 0 Å². The molecule has 0 spiro atoms. The molecule has 0 aromatic carbocycles. The topological polar surface area (TPSA) is 55.1 Å².